The molecule has 15 heavy (non-hydrogen) atoms. The van der Waals surface area contributed by atoms with Gasteiger partial charge in [0.05, 0.1) is 6.10 Å². The van der Waals surface area contributed by atoms with Crippen LogP contribution in [0.4, 0.5) is 4.39 Å². The summed E-state index contributed by atoms with van der Waals surface area (Å²) in [6.45, 7) is 0. The number of rotatable bonds is 3. The lowest BCUT2D eigenvalue weighted by atomic mass is 9.96. The van der Waals surface area contributed by atoms with Crippen LogP contribution in [0.15, 0.2) is 24.3 Å². The molecule has 1 unspecified atom stereocenters. The van der Waals surface area contributed by atoms with Crippen molar-refractivity contribution < 1.29 is 9.50 Å². The SMILES string of the molecule is OC(CC1CCCC1)c1cccc(F)c1. The quantitative estimate of drug-likeness (QED) is 0.806. The Hall–Kier alpha value is -0.890. The first kappa shape index (κ1) is 10.6. The zero-order valence-electron chi connectivity index (χ0n) is 8.82. The van der Waals surface area contributed by atoms with Crippen LogP contribution < -0.4 is 0 Å². The van der Waals surface area contributed by atoms with Gasteiger partial charge >= 0.3 is 0 Å². The average Bonchev–Trinajstić information content (AvgIpc) is 2.70. The van der Waals surface area contributed by atoms with E-state index < -0.39 is 6.10 Å². The van der Waals surface area contributed by atoms with Crippen molar-refractivity contribution in [2.75, 3.05) is 0 Å². The van der Waals surface area contributed by atoms with Crippen molar-refractivity contribution in [3.05, 3.63) is 35.6 Å². The van der Waals surface area contributed by atoms with Crippen LogP contribution >= 0.6 is 0 Å². The van der Waals surface area contributed by atoms with Crippen LogP contribution in [0.2, 0.25) is 0 Å². The normalized spacial score (nSPS) is 19.3. The summed E-state index contributed by atoms with van der Waals surface area (Å²) in [6.07, 6.45) is 5.27. The maximum Gasteiger partial charge on any atom is 0.123 e. The molecular weight excluding hydrogens is 191 g/mol. The predicted molar refractivity (Wildman–Crippen MR) is 57.9 cm³/mol. The van der Waals surface area contributed by atoms with Crippen molar-refractivity contribution >= 4 is 0 Å². The summed E-state index contributed by atoms with van der Waals surface area (Å²) in [7, 11) is 0. The third kappa shape index (κ3) is 2.78. The highest BCUT2D eigenvalue weighted by Gasteiger charge is 2.19. The Morgan fingerprint density at radius 3 is 2.73 bits per heavy atom. The molecule has 1 aliphatic rings. The van der Waals surface area contributed by atoms with E-state index in [1.807, 2.05) is 0 Å². The van der Waals surface area contributed by atoms with E-state index in [9.17, 15) is 9.50 Å². The molecule has 1 saturated carbocycles. The minimum absolute atomic E-state index is 0.266. The molecule has 82 valence electrons. The molecule has 1 aromatic rings. The summed E-state index contributed by atoms with van der Waals surface area (Å²) in [5.41, 5.74) is 0.710. The van der Waals surface area contributed by atoms with Gasteiger partial charge in [0.1, 0.15) is 5.82 Å². The maximum absolute atomic E-state index is 12.9. The fraction of sp³-hybridized carbons (Fsp3) is 0.538. The largest absolute Gasteiger partial charge is 0.388 e. The van der Waals surface area contributed by atoms with Gasteiger partial charge in [0.2, 0.25) is 0 Å². The highest BCUT2D eigenvalue weighted by atomic mass is 19.1. The van der Waals surface area contributed by atoms with Crippen LogP contribution in [0, 0.1) is 11.7 Å². The van der Waals surface area contributed by atoms with E-state index in [4.69, 9.17) is 0 Å². The fourth-order valence-electron chi connectivity index (χ4n) is 2.41. The van der Waals surface area contributed by atoms with Crippen molar-refractivity contribution in [2.45, 2.75) is 38.2 Å². The predicted octanol–water partition coefficient (Wildman–Crippen LogP) is 3.44. The second-order valence-corrected chi connectivity index (χ2v) is 4.46. The van der Waals surface area contributed by atoms with Crippen molar-refractivity contribution in [3.8, 4) is 0 Å². The van der Waals surface area contributed by atoms with Crippen LogP contribution in [-0.4, -0.2) is 5.11 Å². The van der Waals surface area contributed by atoms with Gasteiger partial charge in [-0.15, -0.1) is 0 Å². The standard InChI is InChI=1S/C13H17FO/c14-12-7-3-6-11(9-12)13(15)8-10-4-1-2-5-10/h3,6-7,9-10,13,15H,1-2,4-5,8H2. The molecule has 1 fully saturated rings. The van der Waals surface area contributed by atoms with Crippen LogP contribution in [0.1, 0.15) is 43.8 Å². The second kappa shape index (κ2) is 4.75. The van der Waals surface area contributed by atoms with E-state index in [2.05, 4.69) is 0 Å². The van der Waals surface area contributed by atoms with Crippen molar-refractivity contribution in [1.82, 2.24) is 0 Å². The first-order valence-corrected chi connectivity index (χ1v) is 5.69. The monoisotopic (exact) mass is 208 g/mol. The third-order valence-corrected chi connectivity index (χ3v) is 3.26. The summed E-state index contributed by atoms with van der Waals surface area (Å²) >= 11 is 0. The van der Waals surface area contributed by atoms with Gasteiger partial charge < -0.3 is 5.11 Å². The topological polar surface area (TPSA) is 20.2 Å². The van der Waals surface area contributed by atoms with E-state index in [1.54, 1.807) is 12.1 Å². The van der Waals surface area contributed by atoms with Gasteiger partial charge in [-0.2, -0.15) is 0 Å². The van der Waals surface area contributed by atoms with Crippen molar-refractivity contribution in [2.24, 2.45) is 5.92 Å². The first-order valence-electron chi connectivity index (χ1n) is 5.69. The first-order chi connectivity index (χ1) is 7.25. The molecule has 1 aromatic carbocycles. The molecule has 1 aliphatic carbocycles. The third-order valence-electron chi connectivity index (χ3n) is 3.26. The molecule has 0 radical (unpaired) electrons. The molecule has 1 atom stereocenters. The Balaban J connectivity index is 1.97. The Bertz CT molecular complexity index is 318. The van der Waals surface area contributed by atoms with E-state index in [-0.39, 0.29) is 5.82 Å². The smallest absolute Gasteiger partial charge is 0.123 e. The Morgan fingerprint density at radius 2 is 2.07 bits per heavy atom. The molecule has 0 saturated heterocycles. The maximum atomic E-state index is 12.9. The van der Waals surface area contributed by atoms with Gasteiger partial charge in [-0.25, -0.2) is 4.39 Å². The number of halogens is 1. The lowest BCUT2D eigenvalue weighted by Crippen LogP contribution is -2.04. The Kier molecular flexibility index (Phi) is 3.37. The fourth-order valence-corrected chi connectivity index (χ4v) is 2.41. The highest BCUT2D eigenvalue weighted by Crippen LogP contribution is 2.32. The van der Waals surface area contributed by atoms with Gasteiger partial charge in [-0.05, 0) is 30.0 Å². The number of hydrogen-bond donors (Lipinski definition) is 1. The summed E-state index contributed by atoms with van der Waals surface area (Å²) in [4.78, 5) is 0. The number of benzene rings is 1. The molecule has 1 nitrogen and oxygen atoms in total. The van der Waals surface area contributed by atoms with Crippen LogP contribution in [-0.2, 0) is 0 Å². The molecule has 1 N–H and O–H groups in total. The van der Waals surface area contributed by atoms with Gasteiger partial charge in [-0.3, -0.25) is 0 Å². The zero-order valence-corrected chi connectivity index (χ0v) is 8.82. The molecule has 0 aromatic heterocycles. The second-order valence-electron chi connectivity index (χ2n) is 4.46. The molecule has 2 rings (SSSR count). The summed E-state index contributed by atoms with van der Waals surface area (Å²) in [6, 6.07) is 6.29. The van der Waals surface area contributed by atoms with E-state index >= 15 is 0 Å². The highest BCUT2D eigenvalue weighted by molar-refractivity contribution is 5.18. The molecule has 0 heterocycles. The van der Waals surface area contributed by atoms with Crippen molar-refractivity contribution in [1.29, 1.82) is 0 Å². The lowest BCUT2D eigenvalue weighted by Gasteiger charge is -2.15. The molecule has 0 bridgehead atoms. The summed E-state index contributed by atoms with van der Waals surface area (Å²) in [5, 5.41) is 9.94. The number of hydrogen-bond acceptors (Lipinski definition) is 1. The Morgan fingerprint density at radius 1 is 1.33 bits per heavy atom. The molecular formula is C13H17FO. The molecule has 2 heteroatoms. The lowest BCUT2D eigenvalue weighted by molar-refractivity contribution is 0.144. The van der Waals surface area contributed by atoms with Gasteiger partial charge in [0.15, 0.2) is 0 Å². The minimum atomic E-state index is -0.496. The van der Waals surface area contributed by atoms with Crippen LogP contribution in [0.5, 0.6) is 0 Å². The summed E-state index contributed by atoms with van der Waals surface area (Å²) < 4.78 is 12.9. The number of aliphatic hydroxyl groups is 1. The Labute approximate surface area is 89.9 Å². The van der Waals surface area contributed by atoms with E-state index in [0.717, 1.165) is 6.42 Å². The molecule has 0 spiro atoms. The minimum Gasteiger partial charge on any atom is -0.388 e. The molecule has 0 amide bonds. The van der Waals surface area contributed by atoms with Gasteiger partial charge in [0.25, 0.3) is 0 Å². The van der Waals surface area contributed by atoms with E-state index in [0.29, 0.717) is 11.5 Å². The zero-order chi connectivity index (χ0) is 10.7. The average molecular weight is 208 g/mol. The van der Waals surface area contributed by atoms with Crippen molar-refractivity contribution in [3.63, 3.8) is 0 Å². The molecule has 0 aliphatic heterocycles. The number of aliphatic hydroxyl groups excluding tert-OH is 1. The van der Waals surface area contributed by atoms with Gasteiger partial charge in [0, 0.05) is 0 Å². The van der Waals surface area contributed by atoms with E-state index in [1.165, 1.54) is 37.8 Å². The van der Waals surface area contributed by atoms with Gasteiger partial charge in [-0.1, -0.05) is 37.8 Å². The summed E-state index contributed by atoms with van der Waals surface area (Å²) in [5.74, 6) is 0.362. The van der Waals surface area contributed by atoms with Crippen LogP contribution in [0.3, 0.4) is 0 Å². The van der Waals surface area contributed by atoms with Crippen LogP contribution in [0.25, 0.3) is 0 Å².